The van der Waals surface area contributed by atoms with Crippen LogP contribution in [0, 0.1) is 46.3 Å². The van der Waals surface area contributed by atoms with E-state index in [4.69, 9.17) is 18.9 Å². The van der Waals surface area contributed by atoms with E-state index in [-0.39, 0.29) is 16.9 Å². The van der Waals surface area contributed by atoms with Crippen LogP contribution in [0.15, 0.2) is 11.6 Å². The molecule has 9 nitrogen and oxygen atoms in total. The molecule has 5 N–H and O–H groups in total. The van der Waals surface area contributed by atoms with Gasteiger partial charge in [0.25, 0.3) is 0 Å². The Kier molecular flexibility index (Phi) is 7.48. The molecule has 0 aromatic rings. The monoisotopic (exact) mass is 592 g/mol. The third-order valence-corrected chi connectivity index (χ3v) is 13.6. The lowest BCUT2D eigenvalue weighted by molar-refractivity contribution is -0.324. The molecule has 17 atom stereocenters. The van der Waals surface area contributed by atoms with E-state index in [1.165, 1.54) is 5.57 Å². The van der Waals surface area contributed by atoms with Gasteiger partial charge in [0.15, 0.2) is 12.1 Å². The van der Waals surface area contributed by atoms with Crippen LogP contribution in [0.5, 0.6) is 0 Å². The number of hydrogen-bond donors (Lipinski definition) is 5. The maximum absolute atomic E-state index is 10.9. The second-order valence-electron chi connectivity index (χ2n) is 15.6. The van der Waals surface area contributed by atoms with Crippen LogP contribution < -0.4 is 0 Å². The minimum Gasteiger partial charge on any atom is -0.394 e. The van der Waals surface area contributed by atoms with Crippen molar-refractivity contribution in [2.24, 2.45) is 46.3 Å². The number of hydrogen-bond acceptors (Lipinski definition) is 9. The molecule has 0 aromatic heterocycles. The van der Waals surface area contributed by atoms with Gasteiger partial charge in [-0.15, -0.1) is 0 Å². The van der Waals surface area contributed by atoms with Crippen LogP contribution in [0.3, 0.4) is 0 Å². The highest BCUT2D eigenvalue weighted by molar-refractivity contribution is 5.28. The van der Waals surface area contributed by atoms with Crippen LogP contribution in [0.25, 0.3) is 0 Å². The predicted molar refractivity (Wildman–Crippen MR) is 152 cm³/mol. The molecular formula is C33H52O9. The van der Waals surface area contributed by atoms with Gasteiger partial charge in [0, 0.05) is 24.2 Å². The summed E-state index contributed by atoms with van der Waals surface area (Å²) in [5.41, 5.74) is 1.02. The average Bonchev–Trinajstić information content (AvgIpc) is 3.41. The van der Waals surface area contributed by atoms with Gasteiger partial charge in [0.2, 0.25) is 0 Å². The second kappa shape index (κ2) is 10.5. The van der Waals surface area contributed by atoms with E-state index in [0.29, 0.717) is 48.3 Å². The van der Waals surface area contributed by atoms with E-state index in [1.807, 2.05) is 0 Å². The maximum Gasteiger partial charge on any atom is 0.187 e. The fourth-order valence-electron chi connectivity index (χ4n) is 11.2. The largest absolute Gasteiger partial charge is 0.394 e. The second-order valence-corrected chi connectivity index (χ2v) is 15.6. The van der Waals surface area contributed by atoms with E-state index in [1.54, 1.807) is 0 Å². The highest BCUT2D eigenvalue weighted by Crippen LogP contribution is 2.71. The van der Waals surface area contributed by atoms with Crippen molar-refractivity contribution in [2.75, 3.05) is 13.2 Å². The summed E-state index contributed by atoms with van der Waals surface area (Å²) in [7, 11) is 0. The minimum absolute atomic E-state index is 0.171. The maximum atomic E-state index is 10.9. The summed E-state index contributed by atoms with van der Waals surface area (Å²) >= 11 is 0. The van der Waals surface area contributed by atoms with E-state index >= 15 is 0 Å². The Morgan fingerprint density at radius 2 is 1.76 bits per heavy atom. The SMILES string of the molecule is C[C@H]1CC[C@@]2(OC1)O[C@H]1C[C@H]3[C@@H]4CC=C5C[C@@H](O)C[C@@H](O[C@@H]6O[C@H](CO)[C@H](O)[C@H](O)[C@H]6O)[C@]5(C)[C@H]4CC[C@]3(C)[C@H]1[C@@H]2C. The van der Waals surface area contributed by atoms with Crippen molar-refractivity contribution in [3.8, 4) is 0 Å². The number of rotatable bonds is 3. The number of allylic oxidation sites excluding steroid dienone is 1. The average molecular weight is 593 g/mol. The van der Waals surface area contributed by atoms with Crippen molar-refractivity contribution in [2.45, 2.75) is 134 Å². The van der Waals surface area contributed by atoms with Crippen LogP contribution in [0.2, 0.25) is 0 Å². The topological polar surface area (TPSA) is 138 Å². The van der Waals surface area contributed by atoms with Gasteiger partial charge in [0.1, 0.15) is 24.4 Å². The number of fused-ring (bicyclic) bond motifs is 7. The smallest absolute Gasteiger partial charge is 0.187 e. The first-order valence-electron chi connectivity index (χ1n) is 16.6. The van der Waals surface area contributed by atoms with Crippen molar-refractivity contribution in [1.29, 1.82) is 0 Å². The first kappa shape index (κ1) is 30.1. The van der Waals surface area contributed by atoms with Gasteiger partial charge < -0.3 is 44.5 Å². The van der Waals surface area contributed by atoms with Gasteiger partial charge in [-0.3, -0.25) is 0 Å². The van der Waals surface area contributed by atoms with Crippen LogP contribution in [-0.4, -0.2) is 93.6 Å². The van der Waals surface area contributed by atoms with Crippen molar-refractivity contribution in [3.63, 3.8) is 0 Å². The molecule has 0 unspecified atom stereocenters. The van der Waals surface area contributed by atoms with Crippen molar-refractivity contribution in [3.05, 3.63) is 11.6 Å². The Labute approximate surface area is 249 Å². The fraction of sp³-hybridized carbons (Fsp3) is 0.939. The highest BCUT2D eigenvalue weighted by atomic mass is 16.7. The Balaban J connectivity index is 1.15. The van der Waals surface area contributed by atoms with Crippen LogP contribution in [-0.2, 0) is 18.9 Å². The summed E-state index contributed by atoms with van der Waals surface area (Å²) in [6, 6.07) is 0. The molecule has 0 aromatic carbocycles. The molecule has 1 spiro atoms. The molecule has 0 bridgehead atoms. The molecule has 4 aliphatic carbocycles. The van der Waals surface area contributed by atoms with E-state index < -0.39 is 55.3 Å². The molecule has 42 heavy (non-hydrogen) atoms. The molecule has 7 rings (SSSR count). The number of aliphatic hydroxyl groups is 5. The van der Waals surface area contributed by atoms with E-state index in [0.717, 1.165) is 45.1 Å². The molecule has 3 saturated heterocycles. The highest BCUT2D eigenvalue weighted by Gasteiger charge is 2.69. The molecule has 9 heteroatoms. The molecule has 3 aliphatic heterocycles. The normalized spacial score (nSPS) is 59.0. The molecule has 3 heterocycles. The Morgan fingerprint density at radius 3 is 2.48 bits per heavy atom. The summed E-state index contributed by atoms with van der Waals surface area (Å²) in [6.07, 6.45) is 2.28. The van der Waals surface area contributed by atoms with Gasteiger partial charge >= 0.3 is 0 Å². The van der Waals surface area contributed by atoms with E-state index in [2.05, 4.69) is 33.8 Å². The zero-order valence-corrected chi connectivity index (χ0v) is 25.6. The van der Waals surface area contributed by atoms with Crippen molar-refractivity contribution < 1.29 is 44.5 Å². The third kappa shape index (κ3) is 4.21. The van der Waals surface area contributed by atoms with Gasteiger partial charge in [-0.1, -0.05) is 39.3 Å². The summed E-state index contributed by atoms with van der Waals surface area (Å²) in [5, 5.41) is 52.1. The molecular weight excluding hydrogens is 540 g/mol. The lowest BCUT2D eigenvalue weighted by Crippen LogP contribution is -2.62. The Bertz CT molecular complexity index is 1060. The summed E-state index contributed by atoms with van der Waals surface area (Å²) in [6.45, 7) is 9.68. The van der Waals surface area contributed by atoms with Crippen molar-refractivity contribution in [1.82, 2.24) is 0 Å². The lowest BCUT2D eigenvalue weighted by atomic mass is 9.46. The first-order valence-corrected chi connectivity index (χ1v) is 16.6. The van der Waals surface area contributed by atoms with Crippen LogP contribution in [0.1, 0.15) is 79.1 Å². The van der Waals surface area contributed by atoms with Gasteiger partial charge in [-0.25, -0.2) is 0 Å². The van der Waals surface area contributed by atoms with Gasteiger partial charge in [-0.05, 0) is 73.5 Å². The summed E-state index contributed by atoms with van der Waals surface area (Å²) in [4.78, 5) is 0. The van der Waals surface area contributed by atoms with Crippen LogP contribution >= 0.6 is 0 Å². The fourth-order valence-corrected chi connectivity index (χ4v) is 11.2. The van der Waals surface area contributed by atoms with Gasteiger partial charge in [0.05, 0.1) is 31.5 Å². The lowest BCUT2D eigenvalue weighted by Gasteiger charge is -2.60. The minimum atomic E-state index is -1.49. The van der Waals surface area contributed by atoms with E-state index in [9.17, 15) is 25.5 Å². The summed E-state index contributed by atoms with van der Waals surface area (Å²) < 4.78 is 25.7. The molecule has 0 amide bonds. The molecule has 3 saturated carbocycles. The molecule has 7 aliphatic rings. The Morgan fingerprint density at radius 1 is 0.976 bits per heavy atom. The van der Waals surface area contributed by atoms with Crippen molar-refractivity contribution >= 4 is 0 Å². The third-order valence-electron chi connectivity index (χ3n) is 13.6. The Hall–Kier alpha value is -0.620. The number of aliphatic hydroxyl groups excluding tert-OH is 5. The van der Waals surface area contributed by atoms with Gasteiger partial charge in [-0.2, -0.15) is 0 Å². The number of ether oxygens (including phenoxy) is 4. The standard InChI is InChI=1S/C33H52O9/c1-16-7-10-33(39-15-16)17(2)26-23(42-33)13-22-20-6-5-18-11-19(35)12-25(32(18,4)21(20)8-9-31(22,26)3)41-30-29(38)28(37)27(36)24(14-34)40-30/h5,16-17,19-30,34-38H,6-15H2,1-4H3/t16-,17-,19+,20+,21-,22-,23-,24+,25+,26-,27-,28-,29+,30-,31-,32-,33+/m0/s1. The molecule has 0 radical (unpaired) electrons. The quantitative estimate of drug-likeness (QED) is 0.313. The predicted octanol–water partition coefficient (Wildman–Crippen LogP) is 2.51. The molecule has 6 fully saturated rings. The first-order chi connectivity index (χ1) is 19.9. The molecule has 238 valence electrons. The zero-order chi connectivity index (χ0) is 29.8. The zero-order valence-electron chi connectivity index (χ0n) is 25.6. The summed E-state index contributed by atoms with van der Waals surface area (Å²) in [5.74, 6) is 2.31. The van der Waals surface area contributed by atoms with Crippen LogP contribution in [0.4, 0.5) is 0 Å².